The molecule has 0 saturated carbocycles. The third-order valence-corrected chi connectivity index (χ3v) is 5.59. The Kier molecular flexibility index (Phi) is 5.92. The Bertz CT molecular complexity index is 865. The van der Waals surface area contributed by atoms with E-state index in [9.17, 15) is 13.2 Å². The topological polar surface area (TPSA) is 72.9 Å². The molecule has 0 heterocycles. The summed E-state index contributed by atoms with van der Waals surface area (Å²) in [6, 6.07) is 10.7. The van der Waals surface area contributed by atoms with Gasteiger partial charge >= 0.3 is 5.97 Å². The highest BCUT2D eigenvalue weighted by atomic mass is 35.5. The Morgan fingerprint density at radius 3 is 2.28 bits per heavy atom. The number of carbonyl (C=O) groups excluding carboxylic acids is 1. The predicted molar refractivity (Wildman–Crippen MR) is 95.7 cm³/mol. The van der Waals surface area contributed by atoms with Gasteiger partial charge in [-0.1, -0.05) is 11.6 Å². The van der Waals surface area contributed by atoms with Crippen molar-refractivity contribution in [1.29, 1.82) is 0 Å². The van der Waals surface area contributed by atoms with E-state index >= 15 is 0 Å². The van der Waals surface area contributed by atoms with Gasteiger partial charge in [0.25, 0.3) is 10.0 Å². The molecule has 8 heteroatoms. The summed E-state index contributed by atoms with van der Waals surface area (Å²) in [7, 11) is -1.28. The molecule has 0 aliphatic heterocycles. The SMILES string of the molecule is COC(=O)CN(c1ccc(Cl)cc1)S(=O)(=O)c1ccc(OC)c(C)c1. The highest BCUT2D eigenvalue weighted by Gasteiger charge is 2.28. The number of hydrogen-bond donors (Lipinski definition) is 0. The number of benzene rings is 2. The molecule has 25 heavy (non-hydrogen) atoms. The minimum atomic E-state index is -3.99. The number of rotatable bonds is 6. The Labute approximate surface area is 152 Å². The first kappa shape index (κ1) is 19.1. The second kappa shape index (κ2) is 7.76. The number of halogens is 1. The van der Waals surface area contributed by atoms with E-state index in [4.69, 9.17) is 16.3 Å². The van der Waals surface area contributed by atoms with Crippen molar-refractivity contribution in [3.8, 4) is 5.75 Å². The van der Waals surface area contributed by atoms with Crippen molar-refractivity contribution in [3.05, 3.63) is 53.1 Å². The van der Waals surface area contributed by atoms with E-state index in [1.54, 1.807) is 25.1 Å². The van der Waals surface area contributed by atoms with E-state index in [1.807, 2.05) is 0 Å². The van der Waals surface area contributed by atoms with Gasteiger partial charge in [-0.3, -0.25) is 9.10 Å². The van der Waals surface area contributed by atoms with Crippen molar-refractivity contribution in [1.82, 2.24) is 0 Å². The molecule has 0 unspecified atom stereocenters. The lowest BCUT2D eigenvalue weighted by atomic mass is 10.2. The first-order chi connectivity index (χ1) is 11.8. The zero-order valence-corrected chi connectivity index (χ0v) is 15.6. The van der Waals surface area contributed by atoms with Crippen LogP contribution >= 0.6 is 11.6 Å². The van der Waals surface area contributed by atoms with Crippen molar-refractivity contribution >= 4 is 33.3 Å². The Hall–Kier alpha value is -2.25. The minimum Gasteiger partial charge on any atom is -0.496 e. The van der Waals surface area contributed by atoms with Gasteiger partial charge in [0.15, 0.2) is 0 Å². The van der Waals surface area contributed by atoms with Crippen LogP contribution in [0.4, 0.5) is 5.69 Å². The fourth-order valence-corrected chi connectivity index (χ4v) is 3.86. The van der Waals surface area contributed by atoms with Crippen molar-refractivity contribution < 1.29 is 22.7 Å². The number of methoxy groups -OCH3 is 2. The number of esters is 1. The first-order valence-electron chi connectivity index (χ1n) is 7.29. The molecule has 0 aromatic heterocycles. The third-order valence-electron chi connectivity index (χ3n) is 3.57. The molecular formula is C17H18ClNO5S. The van der Waals surface area contributed by atoms with Crippen LogP contribution in [0.2, 0.25) is 5.02 Å². The van der Waals surface area contributed by atoms with Gasteiger partial charge in [0.05, 0.1) is 24.8 Å². The highest BCUT2D eigenvalue weighted by Crippen LogP contribution is 2.28. The van der Waals surface area contributed by atoms with Crippen LogP contribution in [0.25, 0.3) is 0 Å². The molecule has 2 aromatic carbocycles. The van der Waals surface area contributed by atoms with E-state index in [2.05, 4.69) is 4.74 Å². The smallest absolute Gasteiger partial charge is 0.326 e. The summed E-state index contributed by atoms with van der Waals surface area (Å²) in [6.45, 7) is 1.29. The van der Waals surface area contributed by atoms with Crippen molar-refractivity contribution in [3.63, 3.8) is 0 Å². The highest BCUT2D eigenvalue weighted by molar-refractivity contribution is 7.92. The lowest BCUT2D eigenvalue weighted by Gasteiger charge is -2.23. The van der Waals surface area contributed by atoms with Crippen LogP contribution in [0.15, 0.2) is 47.4 Å². The predicted octanol–water partition coefficient (Wildman–Crippen LogP) is 3.03. The summed E-state index contributed by atoms with van der Waals surface area (Å²) in [5, 5.41) is 0.458. The monoisotopic (exact) mass is 383 g/mol. The molecule has 6 nitrogen and oxygen atoms in total. The van der Waals surface area contributed by atoms with Crippen molar-refractivity contribution in [2.75, 3.05) is 25.1 Å². The van der Waals surface area contributed by atoms with Gasteiger partial charge in [0, 0.05) is 5.02 Å². The summed E-state index contributed by atoms with van der Waals surface area (Å²) in [6.07, 6.45) is 0. The number of nitrogens with zero attached hydrogens (tertiary/aromatic N) is 1. The minimum absolute atomic E-state index is 0.0460. The van der Waals surface area contributed by atoms with Gasteiger partial charge in [0.2, 0.25) is 0 Å². The molecule has 0 amide bonds. The van der Waals surface area contributed by atoms with E-state index in [-0.39, 0.29) is 4.90 Å². The van der Waals surface area contributed by atoms with E-state index in [0.717, 1.165) is 4.31 Å². The maximum Gasteiger partial charge on any atom is 0.326 e. The largest absolute Gasteiger partial charge is 0.496 e. The molecule has 0 aliphatic rings. The number of sulfonamides is 1. The molecule has 0 bridgehead atoms. The van der Waals surface area contributed by atoms with E-state index < -0.39 is 22.5 Å². The normalized spacial score (nSPS) is 11.0. The number of carbonyl (C=O) groups is 1. The zero-order chi connectivity index (χ0) is 18.6. The number of hydrogen-bond acceptors (Lipinski definition) is 5. The Morgan fingerprint density at radius 2 is 1.76 bits per heavy atom. The maximum atomic E-state index is 13.1. The van der Waals surface area contributed by atoms with Crippen LogP contribution in [-0.2, 0) is 19.6 Å². The maximum absolute atomic E-state index is 13.1. The van der Waals surface area contributed by atoms with Gasteiger partial charge in [-0.05, 0) is 55.0 Å². The van der Waals surface area contributed by atoms with Crippen LogP contribution in [0.5, 0.6) is 5.75 Å². The number of anilines is 1. The van der Waals surface area contributed by atoms with Crippen molar-refractivity contribution in [2.24, 2.45) is 0 Å². The molecule has 0 fully saturated rings. The summed E-state index contributed by atoms with van der Waals surface area (Å²) in [4.78, 5) is 11.8. The lowest BCUT2D eigenvalue weighted by molar-refractivity contribution is -0.138. The Balaban J connectivity index is 2.52. The van der Waals surface area contributed by atoms with Crippen LogP contribution in [-0.4, -0.2) is 35.2 Å². The third kappa shape index (κ3) is 4.24. The van der Waals surface area contributed by atoms with Crippen LogP contribution in [0.3, 0.4) is 0 Å². The zero-order valence-electron chi connectivity index (χ0n) is 14.0. The molecule has 0 N–H and O–H groups in total. The average Bonchev–Trinajstić information content (AvgIpc) is 2.60. The van der Waals surface area contributed by atoms with Gasteiger partial charge in [-0.15, -0.1) is 0 Å². The van der Waals surface area contributed by atoms with Crippen molar-refractivity contribution in [2.45, 2.75) is 11.8 Å². The molecule has 0 aliphatic carbocycles. The van der Waals surface area contributed by atoms with Gasteiger partial charge in [-0.2, -0.15) is 0 Å². The fourth-order valence-electron chi connectivity index (χ4n) is 2.24. The van der Waals surface area contributed by atoms with Gasteiger partial charge in [0.1, 0.15) is 12.3 Å². The molecule has 134 valence electrons. The van der Waals surface area contributed by atoms with Crippen LogP contribution < -0.4 is 9.04 Å². The summed E-state index contributed by atoms with van der Waals surface area (Å²) in [5.41, 5.74) is 0.973. The molecule has 0 spiro atoms. The molecular weight excluding hydrogens is 366 g/mol. The Morgan fingerprint density at radius 1 is 1.12 bits per heavy atom. The van der Waals surface area contributed by atoms with Gasteiger partial charge < -0.3 is 9.47 Å². The molecule has 2 rings (SSSR count). The summed E-state index contributed by atoms with van der Waals surface area (Å²) < 4.78 is 36.9. The first-order valence-corrected chi connectivity index (χ1v) is 9.11. The van der Waals surface area contributed by atoms with Gasteiger partial charge in [-0.25, -0.2) is 8.42 Å². The molecule has 0 atom stereocenters. The second-order valence-corrected chi connectivity index (χ2v) is 7.49. The van der Waals surface area contributed by atoms with E-state index in [0.29, 0.717) is 22.0 Å². The molecule has 2 aromatic rings. The quantitative estimate of drug-likeness (QED) is 0.717. The molecule has 0 radical (unpaired) electrons. The second-order valence-electron chi connectivity index (χ2n) is 5.20. The molecule has 0 saturated heterocycles. The standard InChI is InChI=1S/C17H18ClNO5S/c1-12-10-15(8-9-16(12)23-2)25(21,22)19(11-17(20)24-3)14-6-4-13(18)5-7-14/h4-10H,11H2,1-3H3. The van der Waals surface area contributed by atoms with E-state index in [1.165, 1.54) is 38.5 Å². The summed E-state index contributed by atoms with van der Waals surface area (Å²) in [5.74, 6) is -0.103. The summed E-state index contributed by atoms with van der Waals surface area (Å²) >= 11 is 5.86. The van der Waals surface area contributed by atoms with Crippen LogP contribution in [0, 0.1) is 6.92 Å². The average molecular weight is 384 g/mol. The van der Waals surface area contributed by atoms with Crippen LogP contribution in [0.1, 0.15) is 5.56 Å². The number of aryl methyl sites for hydroxylation is 1. The fraction of sp³-hybridized carbons (Fsp3) is 0.235. The number of ether oxygens (including phenoxy) is 2. The lowest BCUT2D eigenvalue weighted by Crippen LogP contribution is -2.36.